The largest absolute Gasteiger partial charge is 0.354 e. The zero-order valence-corrected chi connectivity index (χ0v) is 9.36. The van der Waals surface area contributed by atoms with Gasteiger partial charge in [0, 0.05) is 6.54 Å². The van der Waals surface area contributed by atoms with E-state index in [0.717, 1.165) is 12.0 Å². The van der Waals surface area contributed by atoms with Gasteiger partial charge in [0.05, 0.1) is 6.04 Å². The van der Waals surface area contributed by atoms with E-state index in [1.165, 1.54) is 0 Å². The predicted molar refractivity (Wildman–Crippen MR) is 65.9 cm³/mol. The molecule has 86 valence electrons. The summed E-state index contributed by atoms with van der Waals surface area (Å²) in [6, 6.07) is 9.29. The lowest BCUT2D eigenvalue weighted by atomic mass is 10.1. The summed E-state index contributed by atoms with van der Waals surface area (Å²) in [5.74, 6) is -0.106. The Bertz CT molecular complexity index is 335. The molecule has 0 bridgehead atoms. The molecule has 0 aliphatic carbocycles. The molecule has 1 aromatic carbocycles. The molecule has 0 aliphatic rings. The van der Waals surface area contributed by atoms with Crippen LogP contribution in [0.3, 0.4) is 0 Å². The third kappa shape index (κ3) is 4.28. The van der Waals surface area contributed by atoms with Crippen molar-refractivity contribution < 1.29 is 4.79 Å². The van der Waals surface area contributed by atoms with Crippen LogP contribution in [0.4, 0.5) is 0 Å². The van der Waals surface area contributed by atoms with Gasteiger partial charge in [-0.2, -0.15) is 0 Å². The minimum absolute atomic E-state index is 0.106. The molecular weight excluding hydrogens is 200 g/mol. The summed E-state index contributed by atoms with van der Waals surface area (Å²) >= 11 is 0. The van der Waals surface area contributed by atoms with Crippen LogP contribution in [0.2, 0.25) is 0 Å². The fraction of sp³-hybridized carbons (Fsp3) is 0.308. The number of rotatable bonds is 6. The van der Waals surface area contributed by atoms with Crippen molar-refractivity contribution in [2.75, 3.05) is 6.54 Å². The highest BCUT2D eigenvalue weighted by molar-refractivity contribution is 5.81. The molecule has 0 heterocycles. The number of hydrogen-bond acceptors (Lipinski definition) is 2. The molecule has 0 spiro atoms. The molecule has 0 saturated carbocycles. The average molecular weight is 218 g/mol. The Hall–Kier alpha value is -1.61. The summed E-state index contributed by atoms with van der Waals surface area (Å²) in [7, 11) is 0. The molecule has 0 aromatic heterocycles. The highest BCUT2D eigenvalue weighted by atomic mass is 16.2. The van der Waals surface area contributed by atoms with Crippen molar-refractivity contribution in [3.05, 3.63) is 48.6 Å². The van der Waals surface area contributed by atoms with Crippen LogP contribution in [0.1, 0.15) is 12.0 Å². The van der Waals surface area contributed by atoms with Crippen LogP contribution in [-0.4, -0.2) is 18.5 Å². The monoisotopic (exact) mass is 218 g/mol. The molecule has 3 nitrogen and oxygen atoms in total. The summed E-state index contributed by atoms with van der Waals surface area (Å²) < 4.78 is 0. The van der Waals surface area contributed by atoms with E-state index in [-0.39, 0.29) is 5.91 Å². The lowest BCUT2D eigenvalue weighted by Crippen LogP contribution is -2.42. The molecule has 16 heavy (non-hydrogen) atoms. The van der Waals surface area contributed by atoms with Gasteiger partial charge in [0.25, 0.3) is 0 Å². The van der Waals surface area contributed by atoms with Crippen molar-refractivity contribution in [1.29, 1.82) is 0 Å². The standard InChI is InChI=1S/C13H18N2O/c1-2-3-9-15-13(16)12(14)10-11-7-5-4-6-8-11/h2,4-8,12H,1,3,9-10,14H2,(H,15,16)/t12-/m1/s1. The first-order valence-electron chi connectivity index (χ1n) is 5.42. The molecule has 1 aromatic rings. The topological polar surface area (TPSA) is 55.1 Å². The summed E-state index contributed by atoms with van der Waals surface area (Å²) in [5.41, 5.74) is 6.87. The number of nitrogens with one attached hydrogen (secondary N) is 1. The van der Waals surface area contributed by atoms with Crippen LogP contribution in [0, 0.1) is 0 Å². The Morgan fingerprint density at radius 1 is 1.44 bits per heavy atom. The maximum atomic E-state index is 11.6. The van der Waals surface area contributed by atoms with Gasteiger partial charge in [-0.3, -0.25) is 4.79 Å². The molecular formula is C13H18N2O. The second kappa shape index (κ2) is 6.80. The highest BCUT2D eigenvalue weighted by Gasteiger charge is 2.12. The molecule has 1 rings (SSSR count). The van der Waals surface area contributed by atoms with Gasteiger partial charge >= 0.3 is 0 Å². The number of hydrogen-bond donors (Lipinski definition) is 2. The molecule has 0 saturated heterocycles. The van der Waals surface area contributed by atoms with E-state index in [1.807, 2.05) is 30.3 Å². The van der Waals surface area contributed by atoms with Crippen molar-refractivity contribution in [2.24, 2.45) is 5.73 Å². The van der Waals surface area contributed by atoms with Gasteiger partial charge in [0.2, 0.25) is 5.91 Å². The van der Waals surface area contributed by atoms with Crippen LogP contribution >= 0.6 is 0 Å². The van der Waals surface area contributed by atoms with Gasteiger partial charge < -0.3 is 11.1 Å². The molecule has 0 aliphatic heterocycles. The second-order valence-electron chi connectivity index (χ2n) is 3.66. The maximum absolute atomic E-state index is 11.6. The normalized spacial score (nSPS) is 11.8. The SMILES string of the molecule is C=CCCNC(=O)[C@H](N)Cc1ccccc1. The van der Waals surface area contributed by atoms with Gasteiger partial charge in [-0.15, -0.1) is 6.58 Å². The highest BCUT2D eigenvalue weighted by Crippen LogP contribution is 2.01. The fourth-order valence-corrected chi connectivity index (χ4v) is 1.39. The van der Waals surface area contributed by atoms with Crippen molar-refractivity contribution >= 4 is 5.91 Å². The van der Waals surface area contributed by atoms with Crippen LogP contribution in [0.5, 0.6) is 0 Å². The van der Waals surface area contributed by atoms with Gasteiger partial charge in [0.15, 0.2) is 0 Å². The number of amides is 1. The van der Waals surface area contributed by atoms with Crippen LogP contribution in [-0.2, 0) is 11.2 Å². The van der Waals surface area contributed by atoms with E-state index in [1.54, 1.807) is 6.08 Å². The average Bonchev–Trinajstić information content (AvgIpc) is 2.30. The zero-order valence-electron chi connectivity index (χ0n) is 9.36. The number of carbonyl (C=O) groups is 1. The summed E-state index contributed by atoms with van der Waals surface area (Å²) in [4.78, 5) is 11.6. The minimum Gasteiger partial charge on any atom is -0.354 e. The lowest BCUT2D eigenvalue weighted by molar-refractivity contribution is -0.122. The number of nitrogens with two attached hydrogens (primary N) is 1. The van der Waals surface area contributed by atoms with Crippen LogP contribution in [0.25, 0.3) is 0 Å². The van der Waals surface area contributed by atoms with E-state index in [2.05, 4.69) is 11.9 Å². The van der Waals surface area contributed by atoms with Gasteiger partial charge in [-0.05, 0) is 18.4 Å². The first-order valence-corrected chi connectivity index (χ1v) is 5.42. The number of benzene rings is 1. The third-order valence-corrected chi connectivity index (χ3v) is 2.28. The van der Waals surface area contributed by atoms with E-state index < -0.39 is 6.04 Å². The predicted octanol–water partition coefficient (Wildman–Crippen LogP) is 1.25. The first kappa shape index (κ1) is 12.5. The van der Waals surface area contributed by atoms with Gasteiger partial charge in [-0.25, -0.2) is 0 Å². The molecule has 3 heteroatoms. The van der Waals surface area contributed by atoms with Crippen molar-refractivity contribution in [1.82, 2.24) is 5.32 Å². The summed E-state index contributed by atoms with van der Waals surface area (Å²) in [6.45, 7) is 4.19. The van der Waals surface area contributed by atoms with E-state index >= 15 is 0 Å². The van der Waals surface area contributed by atoms with Crippen LogP contribution in [0.15, 0.2) is 43.0 Å². The Kier molecular flexibility index (Phi) is 5.29. The molecule has 1 amide bonds. The zero-order chi connectivity index (χ0) is 11.8. The van der Waals surface area contributed by atoms with Crippen molar-refractivity contribution in [2.45, 2.75) is 18.9 Å². The Balaban J connectivity index is 2.37. The first-order chi connectivity index (χ1) is 7.74. The lowest BCUT2D eigenvalue weighted by Gasteiger charge is -2.11. The summed E-state index contributed by atoms with van der Waals surface area (Å²) in [6.07, 6.45) is 3.10. The quantitative estimate of drug-likeness (QED) is 0.557. The Morgan fingerprint density at radius 2 is 2.12 bits per heavy atom. The Morgan fingerprint density at radius 3 is 2.75 bits per heavy atom. The van der Waals surface area contributed by atoms with Gasteiger partial charge in [0.1, 0.15) is 0 Å². The second-order valence-corrected chi connectivity index (χ2v) is 3.66. The fourth-order valence-electron chi connectivity index (χ4n) is 1.39. The van der Waals surface area contributed by atoms with E-state index in [0.29, 0.717) is 13.0 Å². The Labute approximate surface area is 96.3 Å². The molecule has 1 atom stereocenters. The van der Waals surface area contributed by atoms with Gasteiger partial charge in [-0.1, -0.05) is 36.4 Å². The molecule has 0 fully saturated rings. The maximum Gasteiger partial charge on any atom is 0.237 e. The number of carbonyl (C=O) groups excluding carboxylic acids is 1. The van der Waals surface area contributed by atoms with E-state index in [9.17, 15) is 4.79 Å². The van der Waals surface area contributed by atoms with Crippen molar-refractivity contribution in [3.8, 4) is 0 Å². The molecule has 0 radical (unpaired) electrons. The molecule has 0 unspecified atom stereocenters. The minimum atomic E-state index is -0.479. The summed E-state index contributed by atoms with van der Waals surface area (Å²) in [5, 5.41) is 2.77. The smallest absolute Gasteiger partial charge is 0.237 e. The van der Waals surface area contributed by atoms with Crippen molar-refractivity contribution in [3.63, 3.8) is 0 Å². The third-order valence-electron chi connectivity index (χ3n) is 2.28. The molecule has 3 N–H and O–H groups in total. The van der Waals surface area contributed by atoms with E-state index in [4.69, 9.17) is 5.73 Å². The van der Waals surface area contributed by atoms with Crippen LogP contribution < -0.4 is 11.1 Å².